The van der Waals surface area contributed by atoms with E-state index in [2.05, 4.69) is 9.99 Å². The normalized spacial score (nSPS) is 10.0. The van der Waals surface area contributed by atoms with Gasteiger partial charge in [0.2, 0.25) is 0 Å². The van der Waals surface area contributed by atoms with Crippen LogP contribution in [-0.2, 0) is 4.84 Å². The molecule has 0 aliphatic heterocycles. The molecular formula is C5H10NO. The van der Waals surface area contributed by atoms with Crippen LogP contribution in [0, 0.1) is 6.42 Å². The van der Waals surface area contributed by atoms with E-state index in [9.17, 15) is 0 Å². The summed E-state index contributed by atoms with van der Waals surface area (Å²) in [5.74, 6) is 0. The van der Waals surface area contributed by atoms with Gasteiger partial charge in [-0.15, -0.1) is 0 Å². The van der Waals surface area contributed by atoms with Gasteiger partial charge in [-0.05, 0) is 6.42 Å². The molecule has 2 nitrogen and oxygen atoms in total. The molecule has 0 saturated heterocycles. The summed E-state index contributed by atoms with van der Waals surface area (Å²) in [5.41, 5.74) is 0. The SMILES string of the molecule is CC[CH]C=NOC. The second kappa shape index (κ2) is 5.47. The highest BCUT2D eigenvalue weighted by molar-refractivity contribution is 5.66. The Bertz CT molecular complexity index is 52.0. The molecule has 0 heterocycles. The lowest BCUT2D eigenvalue weighted by atomic mass is 10.4. The molecule has 0 aliphatic rings. The van der Waals surface area contributed by atoms with Crippen LogP contribution >= 0.6 is 0 Å². The minimum absolute atomic E-state index is 1.01. The van der Waals surface area contributed by atoms with E-state index in [0.29, 0.717) is 0 Å². The molecule has 0 aromatic heterocycles. The molecule has 0 rings (SSSR count). The molecule has 0 fully saturated rings. The van der Waals surface area contributed by atoms with Crippen molar-refractivity contribution in [3.05, 3.63) is 6.42 Å². The fourth-order valence-corrected chi connectivity index (χ4v) is 0.209. The Morgan fingerprint density at radius 3 is 2.86 bits per heavy atom. The Hall–Kier alpha value is -0.530. The summed E-state index contributed by atoms with van der Waals surface area (Å²) in [6.07, 6.45) is 4.57. The molecule has 41 valence electrons. The van der Waals surface area contributed by atoms with Gasteiger partial charge in [0.05, 0.1) is 0 Å². The first-order valence-electron chi connectivity index (χ1n) is 2.30. The van der Waals surface area contributed by atoms with Gasteiger partial charge in [-0.2, -0.15) is 0 Å². The lowest BCUT2D eigenvalue weighted by molar-refractivity contribution is 0.215. The van der Waals surface area contributed by atoms with E-state index in [1.54, 1.807) is 6.21 Å². The molecule has 0 unspecified atom stereocenters. The van der Waals surface area contributed by atoms with Gasteiger partial charge in [-0.1, -0.05) is 12.1 Å². The molecule has 1 radical (unpaired) electrons. The van der Waals surface area contributed by atoms with Crippen molar-refractivity contribution in [1.29, 1.82) is 0 Å². The first kappa shape index (κ1) is 6.47. The van der Waals surface area contributed by atoms with Gasteiger partial charge in [0, 0.05) is 12.6 Å². The number of nitrogens with zero attached hydrogens (tertiary/aromatic N) is 1. The molecule has 0 atom stereocenters. The molecule has 0 spiro atoms. The standard InChI is InChI=1S/C5H10NO/c1-3-4-5-6-7-2/h4-5H,3H2,1-2H3. The highest BCUT2D eigenvalue weighted by Crippen LogP contribution is 1.77. The van der Waals surface area contributed by atoms with E-state index in [0.717, 1.165) is 6.42 Å². The fourth-order valence-electron chi connectivity index (χ4n) is 0.209. The Kier molecular flexibility index (Phi) is 5.06. The fraction of sp³-hybridized carbons (Fsp3) is 0.600. The van der Waals surface area contributed by atoms with Gasteiger partial charge in [0.25, 0.3) is 0 Å². The van der Waals surface area contributed by atoms with Crippen LogP contribution in [0.2, 0.25) is 0 Å². The van der Waals surface area contributed by atoms with Crippen LogP contribution in [0.1, 0.15) is 13.3 Å². The summed E-state index contributed by atoms with van der Waals surface area (Å²) >= 11 is 0. The zero-order valence-corrected chi connectivity index (χ0v) is 4.72. The Morgan fingerprint density at radius 2 is 2.43 bits per heavy atom. The molecule has 0 aliphatic carbocycles. The first-order chi connectivity index (χ1) is 3.41. The van der Waals surface area contributed by atoms with Crippen molar-refractivity contribution in [2.24, 2.45) is 5.16 Å². The summed E-state index contributed by atoms with van der Waals surface area (Å²) in [4.78, 5) is 4.38. The third kappa shape index (κ3) is 5.47. The number of hydrogen-bond acceptors (Lipinski definition) is 2. The smallest absolute Gasteiger partial charge is 0.106 e. The number of oxime groups is 1. The van der Waals surface area contributed by atoms with Crippen LogP contribution in [0.25, 0.3) is 0 Å². The molecule has 2 heteroatoms. The summed E-state index contributed by atoms with van der Waals surface area (Å²) in [7, 11) is 1.53. The quantitative estimate of drug-likeness (QED) is 0.386. The van der Waals surface area contributed by atoms with Gasteiger partial charge in [0.15, 0.2) is 0 Å². The maximum atomic E-state index is 4.38. The number of unbranched alkanes of at least 4 members (excludes halogenated alkanes) is 1. The molecule has 0 N–H and O–H groups in total. The lowest BCUT2D eigenvalue weighted by Crippen LogP contribution is -1.74. The monoisotopic (exact) mass is 100 g/mol. The van der Waals surface area contributed by atoms with Gasteiger partial charge in [-0.25, -0.2) is 0 Å². The van der Waals surface area contributed by atoms with E-state index >= 15 is 0 Å². The van der Waals surface area contributed by atoms with Crippen molar-refractivity contribution in [1.82, 2.24) is 0 Å². The van der Waals surface area contributed by atoms with Crippen LogP contribution in [-0.4, -0.2) is 13.3 Å². The Balaban J connectivity index is 2.78. The van der Waals surface area contributed by atoms with Crippen LogP contribution in [0.4, 0.5) is 0 Å². The largest absolute Gasteiger partial charge is 0.399 e. The summed E-state index contributed by atoms with van der Waals surface area (Å²) in [6.45, 7) is 2.04. The van der Waals surface area contributed by atoms with Crippen LogP contribution < -0.4 is 0 Å². The second-order valence-electron chi connectivity index (χ2n) is 1.08. The molecule has 0 aromatic carbocycles. The molecular weight excluding hydrogens is 90.1 g/mol. The van der Waals surface area contributed by atoms with E-state index in [4.69, 9.17) is 0 Å². The van der Waals surface area contributed by atoms with Gasteiger partial charge >= 0.3 is 0 Å². The minimum atomic E-state index is 1.01. The third-order valence-electron chi connectivity index (χ3n) is 0.507. The lowest BCUT2D eigenvalue weighted by Gasteiger charge is -1.81. The highest BCUT2D eigenvalue weighted by atomic mass is 16.6. The summed E-state index contributed by atoms with van der Waals surface area (Å²) < 4.78 is 0. The van der Waals surface area contributed by atoms with Crippen LogP contribution in [0.15, 0.2) is 5.16 Å². The summed E-state index contributed by atoms with van der Waals surface area (Å²) in [5, 5.41) is 3.48. The average molecular weight is 100 g/mol. The Labute approximate surface area is 44.2 Å². The highest BCUT2D eigenvalue weighted by Gasteiger charge is 1.70. The summed E-state index contributed by atoms with van der Waals surface area (Å²) in [6, 6.07) is 0. The molecule has 0 aromatic rings. The predicted molar refractivity (Wildman–Crippen MR) is 30.1 cm³/mol. The van der Waals surface area contributed by atoms with E-state index in [1.165, 1.54) is 7.11 Å². The second-order valence-corrected chi connectivity index (χ2v) is 1.08. The van der Waals surface area contributed by atoms with E-state index < -0.39 is 0 Å². The maximum Gasteiger partial charge on any atom is 0.106 e. The molecule has 0 bridgehead atoms. The number of rotatable bonds is 3. The van der Waals surface area contributed by atoms with Gasteiger partial charge in [-0.3, -0.25) is 0 Å². The van der Waals surface area contributed by atoms with Crippen molar-refractivity contribution in [3.63, 3.8) is 0 Å². The van der Waals surface area contributed by atoms with Crippen LogP contribution in [0.3, 0.4) is 0 Å². The van der Waals surface area contributed by atoms with Crippen molar-refractivity contribution in [3.8, 4) is 0 Å². The topological polar surface area (TPSA) is 21.6 Å². The van der Waals surface area contributed by atoms with Crippen molar-refractivity contribution in [2.45, 2.75) is 13.3 Å². The van der Waals surface area contributed by atoms with E-state index in [-0.39, 0.29) is 0 Å². The van der Waals surface area contributed by atoms with Crippen molar-refractivity contribution >= 4 is 6.21 Å². The minimum Gasteiger partial charge on any atom is -0.399 e. The average Bonchev–Trinajstić information content (AvgIpc) is 1.69. The zero-order chi connectivity index (χ0) is 5.54. The van der Waals surface area contributed by atoms with Crippen molar-refractivity contribution < 1.29 is 4.84 Å². The predicted octanol–water partition coefficient (Wildman–Crippen LogP) is 1.23. The Morgan fingerprint density at radius 1 is 1.71 bits per heavy atom. The van der Waals surface area contributed by atoms with E-state index in [1.807, 2.05) is 13.3 Å². The molecule has 0 amide bonds. The van der Waals surface area contributed by atoms with Gasteiger partial charge in [0.1, 0.15) is 7.11 Å². The van der Waals surface area contributed by atoms with Gasteiger partial charge < -0.3 is 4.84 Å². The maximum absolute atomic E-state index is 4.38. The zero-order valence-electron chi connectivity index (χ0n) is 4.72. The third-order valence-corrected chi connectivity index (χ3v) is 0.507. The first-order valence-corrected chi connectivity index (χ1v) is 2.30. The molecule has 7 heavy (non-hydrogen) atoms. The molecule has 0 saturated carbocycles. The van der Waals surface area contributed by atoms with Crippen LogP contribution in [0.5, 0.6) is 0 Å². The van der Waals surface area contributed by atoms with Crippen molar-refractivity contribution in [2.75, 3.05) is 7.11 Å². The number of hydrogen-bond donors (Lipinski definition) is 0.